The van der Waals surface area contributed by atoms with Gasteiger partial charge in [-0.2, -0.15) is 5.26 Å². The van der Waals surface area contributed by atoms with Crippen molar-refractivity contribution in [2.45, 2.75) is 24.4 Å². The number of carbonyl (C=O) groups is 1. The number of amidine groups is 1. The molecule has 148 valence electrons. The molecule has 10 heteroatoms. The van der Waals surface area contributed by atoms with Crippen molar-refractivity contribution in [3.8, 4) is 6.07 Å². The van der Waals surface area contributed by atoms with Gasteiger partial charge >= 0.3 is 0 Å². The summed E-state index contributed by atoms with van der Waals surface area (Å²) in [5.41, 5.74) is 4.37. The summed E-state index contributed by atoms with van der Waals surface area (Å²) in [6.07, 6.45) is 0.390. The minimum Gasteiger partial charge on any atom is -0.430 e. The number of epoxide rings is 1. The van der Waals surface area contributed by atoms with E-state index in [9.17, 15) is 13.6 Å². The summed E-state index contributed by atoms with van der Waals surface area (Å²) in [5.74, 6) is -2.49. The van der Waals surface area contributed by atoms with Crippen LogP contribution < -0.4 is 11.1 Å². The van der Waals surface area contributed by atoms with Crippen LogP contribution in [0.5, 0.6) is 0 Å². The molecule has 0 spiro atoms. The van der Waals surface area contributed by atoms with Crippen LogP contribution in [0, 0.1) is 17.1 Å². The van der Waals surface area contributed by atoms with Gasteiger partial charge in [0.1, 0.15) is 24.3 Å². The van der Waals surface area contributed by atoms with Gasteiger partial charge in [0.15, 0.2) is 11.6 Å². The number of aromatic nitrogens is 1. The fraction of sp³-hybridized carbons (Fsp3) is 0.263. The number of nitrogens with one attached hydrogen (secondary N) is 1. The standard InChI is InChI=1S/C19H15F2N5O3/c1-18-16(28-18)19(9-20,26-17(23)29-18)12-6-11(3-4-13(12)21)25-15(27)14-5-2-10(7-22)8-24-14/h2-6,8,16H,9H2,1H3,(H2,23,26)(H,25,27)/t16?,18?,19-/m1/s1. The number of halogens is 2. The Labute approximate surface area is 164 Å². The van der Waals surface area contributed by atoms with Crippen LogP contribution in [0.4, 0.5) is 14.5 Å². The highest BCUT2D eigenvalue weighted by Crippen LogP contribution is 2.53. The van der Waals surface area contributed by atoms with Crippen LogP contribution in [0.1, 0.15) is 28.5 Å². The van der Waals surface area contributed by atoms with Crippen LogP contribution in [0.15, 0.2) is 41.5 Å². The first-order chi connectivity index (χ1) is 13.8. The lowest BCUT2D eigenvalue weighted by atomic mass is 9.84. The number of anilines is 1. The minimum absolute atomic E-state index is 0.0570. The van der Waals surface area contributed by atoms with E-state index in [-0.39, 0.29) is 23.0 Å². The van der Waals surface area contributed by atoms with Crippen LogP contribution in [-0.2, 0) is 15.0 Å². The van der Waals surface area contributed by atoms with E-state index in [1.54, 1.807) is 6.92 Å². The summed E-state index contributed by atoms with van der Waals surface area (Å²) in [6.45, 7) is 0.479. The van der Waals surface area contributed by atoms with Crippen molar-refractivity contribution >= 4 is 17.6 Å². The fourth-order valence-corrected chi connectivity index (χ4v) is 3.39. The Bertz CT molecular complexity index is 1070. The Hall–Kier alpha value is -3.58. The molecule has 0 radical (unpaired) electrons. The maximum atomic E-state index is 14.6. The molecule has 0 aliphatic carbocycles. The Balaban J connectivity index is 1.67. The number of hydrogen-bond donors (Lipinski definition) is 2. The van der Waals surface area contributed by atoms with Gasteiger partial charge in [-0.15, -0.1) is 0 Å². The lowest BCUT2D eigenvalue weighted by molar-refractivity contribution is 0.0622. The first kappa shape index (κ1) is 18.8. The number of pyridine rings is 1. The van der Waals surface area contributed by atoms with E-state index in [1.807, 2.05) is 6.07 Å². The lowest BCUT2D eigenvalue weighted by Gasteiger charge is -2.31. The van der Waals surface area contributed by atoms with Gasteiger partial charge in [0.2, 0.25) is 5.79 Å². The third-order valence-electron chi connectivity index (χ3n) is 4.84. The van der Waals surface area contributed by atoms with E-state index in [4.69, 9.17) is 20.5 Å². The predicted octanol–water partition coefficient (Wildman–Crippen LogP) is 1.97. The molecule has 1 fully saturated rings. The van der Waals surface area contributed by atoms with Gasteiger partial charge < -0.3 is 20.5 Å². The van der Waals surface area contributed by atoms with Gasteiger partial charge in [-0.3, -0.25) is 4.79 Å². The second-order valence-corrected chi connectivity index (χ2v) is 6.82. The molecule has 1 aromatic carbocycles. The summed E-state index contributed by atoms with van der Waals surface area (Å²) in [6, 6.07) is 8.12. The number of nitriles is 1. The molecule has 29 heavy (non-hydrogen) atoms. The summed E-state index contributed by atoms with van der Waals surface area (Å²) in [7, 11) is 0. The molecule has 3 N–H and O–H groups in total. The molecule has 1 aromatic heterocycles. The number of aliphatic imine (C=N–C) groups is 1. The number of hydrogen-bond acceptors (Lipinski definition) is 7. The molecular weight excluding hydrogens is 384 g/mol. The van der Waals surface area contributed by atoms with Crippen molar-refractivity contribution in [3.05, 3.63) is 59.2 Å². The number of amides is 1. The molecule has 3 heterocycles. The Morgan fingerprint density at radius 3 is 2.86 bits per heavy atom. The zero-order valence-corrected chi connectivity index (χ0v) is 15.1. The number of carbonyl (C=O) groups excluding carboxylic acids is 1. The summed E-state index contributed by atoms with van der Waals surface area (Å²) in [5, 5.41) is 11.4. The van der Waals surface area contributed by atoms with Gasteiger partial charge in [-0.05, 0) is 30.3 Å². The molecule has 2 unspecified atom stereocenters. The summed E-state index contributed by atoms with van der Waals surface area (Å²) in [4.78, 5) is 20.3. The Morgan fingerprint density at radius 2 is 2.21 bits per heavy atom. The SMILES string of the molecule is CC12OC(N)=N[C@](CF)(c3cc(NC(=O)c4ccc(C#N)cn4)ccc3F)C1O2. The van der Waals surface area contributed by atoms with Crippen LogP contribution in [0.25, 0.3) is 0 Å². The monoisotopic (exact) mass is 399 g/mol. The molecule has 2 aromatic rings. The second-order valence-electron chi connectivity index (χ2n) is 6.82. The highest BCUT2D eigenvalue weighted by Gasteiger charge is 2.70. The van der Waals surface area contributed by atoms with E-state index < -0.39 is 35.8 Å². The van der Waals surface area contributed by atoms with E-state index in [1.165, 1.54) is 30.5 Å². The van der Waals surface area contributed by atoms with E-state index in [0.717, 1.165) is 6.07 Å². The highest BCUT2D eigenvalue weighted by molar-refractivity contribution is 6.02. The van der Waals surface area contributed by atoms with Crippen LogP contribution in [0.3, 0.4) is 0 Å². The molecule has 4 rings (SSSR count). The molecular formula is C19H15F2N5O3. The van der Waals surface area contributed by atoms with Crippen molar-refractivity contribution in [1.29, 1.82) is 5.26 Å². The second kappa shape index (κ2) is 6.49. The smallest absolute Gasteiger partial charge is 0.285 e. The van der Waals surface area contributed by atoms with E-state index >= 15 is 0 Å². The third kappa shape index (κ3) is 3.05. The van der Waals surface area contributed by atoms with Crippen LogP contribution >= 0.6 is 0 Å². The van der Waals surface area contributed by atoms with Crippen molar-refractivity contribution in [1.82, 2.24) is 4.98 Å². The number of rotatable bonds is 4. The van der Waals surface area contributed by atoms with Crippen molar-refractivity contribution in [2.75, 3.05) is 12.0 Å². The largest absolute Gasteiger partial charge is 0.430 e. The molecule has 0 bridgehead atoms. The topological polar surface area (TPSA) is 126 Å². The average Bonchev–Trinajstić information content (AvgIpc) is 3.40. The van der Waals surface area contributed by atoms with Gasteiger partial charge in [0.25, 0.3) is 11.9 Å². The minimum atomic E-state index is -1.73. The zero-order chi connectivity index (χ0) is 20.8. The third-order valence-corrected chi connectivity index (χ3v) is 4.84. The average molecular weight is 399 g/mol. The first-order valence-electron chi connectivity index (χ1n) is 8.57. The van der Waals surface area contributed by atoms with Crippen molar-refractivity contribution in [2.24, 2.45) is 10.7 Å². The number of fused-ring (bicyclic) bond motifs is 1. The predicted molar refractivity (Wildman–Crippen MR) is 96.9 cm³/mol. The Kier molecular flexibility index (Phi) is 4.20. The van der Waals surface area contributed by atoms with Crippen LogP contribution in [-0.4, -0.2) is 35.5 Å². The maximum absolute atomic E-state index is 14.6. The fourth-order valence-electron chi connectivity index (χ4n) is 3.39. The first-order valence-corrected chi connectivity index (χ1v) is 8.57. The summed E-state index contributed by atoms with van der Waals surface area (Å²) >= 11 is 0. The molecule has 1 amide bonds. The number of nitrogens with two attached hydrogens (primary N) is 1. The number of benzene rings is 1. The number of nitrogens with zero attached hydrogens (tertiary/aromatic N) is 3. The van der Waals surface area contributed by atoms with Crippen LogP contribution in [0.2, 0.25) is 0 Å². The number of ether oxygens (including phenoxy) is 2. The van der Waals surface area contributed by atoms with Crippen molar-refractivity contribution < 1.29 is 23.0 Å². The normalized spacial score (nSPS) is 27.1. The van der Waals surface area contributed by atoms with Gasteiger partial charge in [-0.1, -0.05) is 0 Å². The highest BCUT2D eigenvalue weighted by atomic mass is 19.1. The van der Waals surface area contributed by atoms with Gasteiger partial charge in [-0.25, -0.2) is 18.8 Å². The molecule has 2 aliphatic heterocycles. The zero-order valence-electron chi connectivity index (χ0n) is 15.1. The number of alkyl halides is 1. The maximum Gasteiger partial charge on any atom is 0.285 e. The van der Waals surface area contributed by atoms with Crippen molar-refractivity contribution in [3.63, 3.8) is 0 Å². The quantitative estimate of drug-likeness (QED) is 0.757. The lowest BCUT2D eigenvalue weighted by Crippen LogP contribution is -2.46. The van der Waals surface area contributed by atoms with Gasteiger partial charge in [0.05, 0.1) is 5.56 Å². The molecule has 2 aliphatic rings. The summed E-state index contributed by atoms with van der Waals surface area (Å²) < 4.78 is 39.5. The Morgan fingerprint density at radius 1 is 1.41 bits per heavy atom. The van der Waals surface area contributed by atoms with E-state index in [0.29, 0.717) is 5.56 Å². The molecule has 3 atom stereocenters. The molecule has 8 nitrogen and oxygen atoms in total. The van der Waals surface area contributed by atoms with E-state index in [2.05, 4.69) is 15.3 Å². The molecule has 0 saturated carbocycles. The van der Waals surface area contributed by atoms with Gasteiger partial charge in [0, 0.05) is 24.4 Å². The molecule has 1 saturated heterocycles.